The molecule has 2 heteroatoms. The van der Waals surface area contributed by atoms with Gasteiger partial charge in [-0.25, -0.2) is 0 Å². The van der Waals surface area contributed by atoms with Crippen molar-refractivity contribution >= 4 is 6.08 Å². The molecule has 0 aromatic carbocycles. The van der Waals surface area contributed by atoms with Crippen LogP contribution in [0.15, 0.2) is 11.6 Å². The van der Waals surface area contributed by atoms with Crippen molar-refractivity contribution in [3.05, 3.63) is 28.6 Å². The van der Waals surface area contributed by atoms with Gasteiger partial charge in [0.1, 0.15) is 0 Å². The fourth-order valence-corrected chi connectivity index (χ4v) is 1.83. The third kappa shape index (κ3) is 2.51. The molecule has 0 fully saturated rings. The number of rotatable bonds is 3. The second kappa shape index (κ2) is 4.67. The summed E-state index contributed by atoms with van der Waals surface area (Å²) in [5.74, 6) is 0. The van der Waals surface area contributed by atoms with Crippen molar-refractivity contribution < 1.29 is 5.11 Å². The van der Waals surface area contributed by atoms with Gasteiger partial charge in [-0.05, 0) is 51.8 Å². The van der Waals surface area contributed by atoms with E-state index in [1.807, 2.05) is 6.92 Å². The Labute approximate surface area is 92.2 Å². The van der Waals surface area contributed by atoms with E-state index in [1.165, 1.54) is 17.0 Å². The number of hydrogen-bond donors (Lipinski definition) is 1. The zero-order valence-corrected chi connectivity index (χ0v) is 10.3. The molecule has 1 aromatic heterocycles. The number of aliphatic hydroxyl groups is 1. The van der Waals surface area contributed by atoms with Gasteiger partial charge in [0.05, 0.1) is 6.10 Å². The Hall–Kier alpha value is -1.02. The molecule has 1 aromatic rings. The molecule has 1 atom stereocenters. The average molecular weight is 207 g/mol. The van der Waals surface area contributed by atoms with E-state index in [2.05, 4.69) is 37.5 Å². The maximum absolute atomic E-state index is 9.43. The summed E-state index contributed by atoms with van der Waals surface area (Å²) in [6.07, 6.45) is 1.70. The summed E-state index contributed by atoms with van der Waals surface area (Å²) in [6, 6.07) is 2.17. The Morgan fingerprint density at radius 3 is 2.53 bits per heavy atom. The highest BCUT2D eigenvalue weighted by atomic mass is 16.3. The van der Waals surface area contributed by atoms with Crippen LogP contribution in [0.2, 0.25) is 0 Å². The zero-order chi connectivity index (χ0) is 11.6. The standard InChI is InChI=1S/C13H21NO/c1-6-14-10(3)8-13(11(14)4)7-9(2)12(5)15/h7-8,12,15H,6H2,1-5H3/b9-7-. The maximum atomic E-state index is 9.43. The molecular weight excluding hydrogens is 186 g/mol. The lowest BCUT2D eigenvalue weighted by Crippen LogP contribution is -2.01. The van der Waals surface area contributed by atoms with E-state index in [0.29, 0.717) is 0 Å². The Morgan fingerprint density at radius 2 is 2.13 bits per heavy atom. The lowest BCUT2D eigenvalue weighted by molar-refractivity contribution is 0.232. The molecule has 0 aliphatic heterocycles. The number of aliphatic hydroxyl groups excluding tert-OH is 1. The van der Waals surface area contributed by atoms with Gasteiger partial charge in [-0.2, -0.15) is 0 Å². The van der Waals surface area contributed by atoms with E-state index in [-0.39, 0.29) is 6.10 Å². The van der Waals surface area contributed by atoms with Crippen molar-refractivity contribution in [2.24, 2.45) is 0 Å². The van der Waals surface area contributed by atoms with Gasteiger partial charge in [0.2, 0.25) is 0 Å². The number of aromatic nitrogens is 1. The average Bonchev–Trinajstić information content (AvgIpc) is 2.41. The summed E-state index contributed by atoms with van der Waals surface area (Å²) in [5, 5.41) is 9.43. The molecule has 15 heavy (non-hydrogen) atoms. The first kappa shape index (κ1) is 12.1. The normalized spacial score (nSPS) is 14.4. The lowest BCUT2D eigenvalue weighted by atomic mass is 10.1. The summed E-state index contributed by atoms with van der Waals surface area (Å²) in [7, 11) is 0. The van der Waals surface area contributed by atoms with Crippen LogP contribution in [0, 0.1) is 13.8 Å². The Kier molecular flexibility index (Phi) is 3.75. The zero-order valence-electron chi connectivity index (χ0n) is 10.3. The first-order chi connectivity index (χ1) is 6.97. The van der Waals surface area contributed by atoms with E-state index in [9.17, 15) is 5.11 Å². The Bertz CT molecular complexity index is 372. The smallest absolute Gasteiger partial charge is 0.0722 e. The molecule has 0 aliphatic rings. The van der Waals surface area contributed by atoms with Crippen molar-refractivity contribution in [3.8, 4) is 0 Å². The van der Waals surface area contributed by atoms with Crippen LogP contribution in [0.3, 0.4) is 0 Å². The Morgan fingerprint density at radius 1 is 1.53 bits per heavy atom. The SMILES string of the molecule is CCn1c(C)cc(/C=C(/C)C(C)O)c1C. The lowest BCUT2D eigenvalue weighted by Gasteiger charge is -2.06. The van der Waals surface area contributed by atoms with Gasteiger partial charge in [-0.1, -0.05) is 6.08 Å². The van der Waals surface area contributed by atoms with Gasteiger partial charge in [0.15, 0.2) is 0 Å². The van der Waals surface area contributed by atoms with Crippen LogP contribution in [-0.2, 0) is 6.54 Å². The van der Waals surface area contributed by atoms with Crippen molar-refractivity contribution in [3.63, 3.8) is 0 Å². The van der Waals surface area contributed by atoms with Crippen molar-refractivity contribution in [2.45, 2.75) is 47.3 Å². The molecule has 2 nitrogen and oxygen atoms in total. The minimum absolute atomic E-state index is 0.366. The predicted octanol–water partition coefficient (Wildman–Crippen LogP) is 2.91. The van der Waals surface area contributed by atoms with E-state index in [1.54, 1.807) is 6.92 Å². The van der Waals surface area contributed by atoms with E-state index >= 15 is 0 Å². The molecule has 1 heterocycles. The number of nitrogens with zero attached hydrogens (tertiary/aromatic N) is 1. The maximum Gasteiger partial charge on any atom is 0.0722 e. The third-order valence-corrected chi connectivity index (χ3v) is 2.97. The quantitative estimate of drug-likeness (QED) is 0.810. The summed E-state index contributed by atoms with van der Waals surface area (Å²) in [4.78, 5) is 0. The summed E-state index contributed by atoms with van der Waals surface area (Å²) in [6.45, 7) is 11.1. The van der Waals surface area contributed by atoms with Gasteiger partial charge in [0, 0.05) is 17.9 Å². The van der Waals surface area contributed by atoms with Crippen LogP contribution < -0.4 is 0 Å². The fourth-order valence-electron chi connectivity index (χ4n) is 1.83. The molecule has 0 aliphatic carbocycles. The van der Waals surface area contributed by atoms with Crippen LogP contribution in [0.4, 0.5) is 0 Å². The van der Waals surface area contributed by atoms with Crippen LogP contribution >= 0.6 is 0 Å². The Balaban J connectivity index is 3.12. The van der Waals surface area contributed by atoms with Crippen LogP contribution in [-0.4, -0.2) is 15.8 Å². The first-order valence-electron chi connectivity index (χ1n) is 5.50. The third-order valence-electron chi connectivity index (χ3n) is 2.97. The highest BCUT2D eigenvalue weighted by Crippen LogP contribution is 2.18. The largest absolute Gasteiger partial charge is 0.389 e. The molecule has 0 radical (unpaired) electrons. The molecule has 0 amide bonds. The summed E-state index contributed by atoms with van der Waals surface area (Å²) >= 11 is 0. The van der Waals surface area contributed by atoms with Crippen molar-refractivity contribution in [2.75, 3.05) is 0 Å². The molecule has 1 unspecified atom stereocenters. The van der Waals surface area contributed by atoms with Gasteiger partial charge in [-0.3, -0.25) is 0 Å². The number of aryl methyl sites for hydroxylation is 1. The summed E-state index contributed by atoms with van der Waals surface area (Å²) in [5.41, 5.74) is 4.77. The predicted molar refractivity (Wildman–Crippen MR) is 64.9 cm³/mol. The van der Waals surface area contributed by atoms with Gasteiger partial charge < -0.3 is 9.67 Å². The van der Waals surface area contributed by atoms with Crippen LogP contribution in [0.5, 0.6) is 0 Å². The highest BCUT2D eigenvalue weighted by Gasteiger charge is 2.06. The summed E-state index contributed by atoms with van der Waals surface area (Å²) < 4.78 is 2.28. The van der Waals surface area contributed by atoms with Crippen molar-refractivity contribution in [1.82, 2.24) is 4.57 Å². The molecule has 0 saturated heterocycles. The monoisotopic (exact) mass is 207 g/mol. The second-order valence-corrected chi connectivity index (χ2v) is 4.14. The van der Waals surface area contributed by atoms with Crippen LogP contribution in [0.1, 0.15) is 37.7 Å². The van der Waals surface area contributed by atoms with Gasteiger partial charge in [-0.15, -0.1) is 0 Å². The van der Waals surface area contributed by atoms with E-state index in [4.69, 9.17) is 0 Å². The number of hydrogen-bond acceptors (Lipinski definition) is 1. The second-order valence-electron chi connectivity index (χ2n) is 4.14. The molecular formula is C13H21NO. The van der Waals surface area contributed by atoms with E-state index in [0.717, 1.165) is 12.1 Å². The van der Waals surface area contributed by atoms with Crippen LogP contribution in [0.25, 0.3) is 6.08 Å². The highest BCUT2D eigenvalue weighted by molar-refractivity contribution is 5.57. The molecule has 1 N–H and O–H groups in total. The molecule has 0 spiro atoms. The molecule has 0 saturated carbocycles. The van der Waals surface area contributed by atoms with Gasteiger partial charge in [0.25, 0.3) is 0 Å². The minimum atomic E-state index is -0.366. The molecule has 84 valence electrons. The van der Waals surface area contributed by atoms with E-state index < -0.39 is 0 Å². The topological polar surface area (TPSA) is 25.2 Å². The molecule has 0 bridgehead atoms. The van der Waals surface area contributed by atoms with Gasteiger partial charge >= 0.3 is 0 Å². The fraction of sp³-hybridized carbons (Fsp3) is 0.538. The van der Waals surface area contributed by atoms with Crippen molar-refractivity contribution in [1.29, 1.82) is 0 Å². The minimum Gasteiger partial charge on any atom is -0.389 e. The molecule has 1 rings (SSSR count). The first-order valence-corrected chi connectivity index (χ1v) is 5.50.